The molecule has 0 saturated carbocycles. The maximum atomic E-state index is 12.5. The first-order valence-corrected chi connectivity index (χ1v) is 8.46. The molecule has 3 rings (SSSR count). The average Bonchev–Trinajstić information content (AvgIpc) is 2.39. The standard InChI is InChI=1S/C16H17F3OS/c17-16(18,19)13-6-4-11(5-7-13)8-12-9-14-2-1-3-15(10-12)21(14)20/h4-7,9,14-15H,1-3,8,10H2. The van der Waals surface area contributed by atoms with E-state index in [-0.39, 0.29) is 10.5 Å². The summed E-state index contributed by atoms with van der Waals surface area (Å²) in [5, 5.41) is 0.403. The van der Waals surface area contributed by atoms with Gasteiger partial charge in [-0.1, -0.05) is 30.2 Å². The molecule has 3 unspecified atom stereocenters. The summed E-state index contributed by atoms with van der Waals surface area (Å²) in [6.45, 7) is 0. The van der Waals surface area contributed by atoms with Gasteiger partial charge in [0.1, 0.15) is 0 Å². The topological polar surface area (TPSA) is 17.1 Å². The van der Waals surface area contributed by atoms with Crippen LogP contribution in [-0.2, 0) is 23.4 Å². The van der Waals surface area contributed by atoms with Gasteiger partial charge in [-0.25, -0.2) is 0 Å². The van der Waals surface area contributed by atoms with Crippen LogP contribution in [0, 0.1) is 0 Å². The van der Waals surface area contributed by atoms with Gasteiger partial charge in [0.2, 0.25) is 0 Å². The monoisotopic (exact) mass is 314 g/mol. The van der Waals surface area contributed by atoms with Gasteiger partial charge >= 0.3 is 6.18 Å². The Morgan fingerprint density at radius 1 is 1.14 bits per heavy atom. The number of alkyl halides is 3. The van der Waals surface area contributed by atoms with Gasteiger partial charge in [0.25, 0.3) is 0 Å². The van der Waals surface area contributed by atoms with Crippen LogP contribution in [0.15, 0.2) is 35.9 Å². The highest BCUT2D eigenvalue weighted by molar-refractivity contribution is 7.86. The number of halogens is 3. The average molecular weight is 314 g/mol. The van der Waals surface area contributed by atoms with Gasteiger partial charge in [-0.15, -0.1) is 0 Å². The maximum absolute atomic E-state index is 12.5. The summed E-state index contributed by atoms with van der Waals surface area (Å²) in [5.74, 6) is 0. The van der Waals surface area contributed by atoms with E-state index in [9.17, 15) is 17.4 Å². The van der Waals surface area contributed by atoms with Crippen molar-refractivity contribution in [2.75, 3.05) is 0 Å². The second kappa shape index (κ2) is 5.59. The lowest BCUT2D eigenvalue weighted by atomic mass is 9.93. The molecule has 3 atom stereocenters. The minimum atomic E-state index is -4.28. The molecule has 21 heavy (non-hydrogen) atoms. The number of hydrogen-bond donors (Lipinski definition) is 0. The Kier molecular flexibility index (Phi) is 3.95. The van der Waals surface area contributed by atoms with Crippen LogP contribution in [-0.4, -0.2) is 14.7 Å². The van der Waals surface area contributed by atoms with Gasteiger partial charge in [0, 0.05) is 16.0 Å². The summed E-state index contributed by atoms with van der Waals surface area (Å²) in [6.07, 6.45) is 2.42. The number of fused-ring (bicyclic) bond motifs is 2. The molecule has 1 aromatic rings. The van der Waals surface area contributed by atoms with Crippen molar-refractivity contribution >= 4 is 10.8 Å². The molecular weight excluding hydrogens is 297 g/mol. The van der Waals surface area contributed by atoms with Gasteiger partial charge in [-0.3, -0.25) is 4.21 Å². The fourth-order valence-electron chi connectivity index (χ4n) is 3.19. The first-order valence-electron chi connectivity index (χ1n) is 7.18. The molecule has 2 bridgehead atoms. The molecule has 0 N–H and O–H groups in total. The van der Waals surface area contributed by atoms with Crippen LogP contribution in [0.3, 0.4) is 0 Å². The summed E-state index contributed by atoms with van der Waals surface area (Å²) in [4.78, 5) is 0. The molecule has 2 aliphatic heterocycles. The quantitative estimate of drug-likeness (QED) is 0.746. The summed E-state index contributed by atoms with van der Waals surface area (Å²) in [5.41, 5.74) is 1.51. The maximum Gasteiger partial charge on any atom is 0.416 e. The molecule has 0 spiro atoms. The summed E-state index contributed by atoms with van der Waals surface area (Å²) < 4.78 is 49.7. The van der Waals surface area contributed by atoms with Crippen LogP contribution in [0.1, 0.15) is 36.8 Å². The van der Waals surface area contributed by atoms with E-state index in [2.05, 4.69) is 6.08 Å². The zero-order valence-electron chi connectivity index (χ0n) is 11.5. The molecule has 0 aliphatic carbocycles. The van der Waals surface area contributed by atoms with Crippen LogP contribution < -0.4 is 0 Å². The minimum Gasteiger partial charge on any atom is -0.259 e. The Hall–Kier alpha value is -1.10. The van der Waals surface area contributed by atoms with Crippen molar-refractivity contribution in [3.63, 3.8) is 0 Å². The minimum absolute atomic E-state index is 0.155. The zero-order valence-corrected chi connectivity index (χ0v) is 12.3. The molecular formula is C16H17F3OS. The Balaban J connectivity index is 1.74. The third-order valence-electron chi connectivity index (χ3n) is 4.27. The molecule has 1 saturated heterocycles. The van der Waals surface area contributed by atoms with E-state index >= 15 is 0 Å². The van der Waals surface area contributed by atoms with Crippen LogP contribution in [0.5, 0.6) is 0 Å². The molecule has 114 valence electrons. The highest BCUT2D eigenvalue weighted by Crippen LogP contribution is 2.34. The SMILES string of the molecule is O=S1C2C=C(Cc3ccc(C(F)(F)F)cc3)CC1CCC2. The fourth-order valence-corrected chi connectivity index (χ4v) is 5.19. The molecule has 0 radical (unpaired) electrons. The van der Waals surface area contributed by atoms with E-state index in [1.54, 1.807) is 12.1 Å². The van der Waals surface area contributed by atoms with Gasteiger partial charge in [0.05, 0.1) is 10.8 Å². The number of rotatable bonds is 2. The Morgan fingerprint density at radius 3 is 2.48 bits per heavy atom. The first kappa shape index (κ1) is 14.8. The number of hydrogen-bond acceptors (Lipinski definition) is 1. The lowest BCUT2D eigenvalue weighted by molar-refractivity contribution is -0.137. The van der Waals surface area contributed by atoms with E-state index in [0.717, 1.165) is 43.4 Å². The predicted molar refractivity (Wildman–Crippen MR) is 77.4 cm³/mol. The lowest BCUT2D eigenvalue weighted by Crippen LogP contribution is -2.34. The molecule has 0 amide bonds. The van der Waals surface area contributed by atoms with Crippen molar-refractivity contribution in [3.8, 4) is 0 Å². The molecule has 2 aliphatic rings. The van der Waals surface area contributed by atoms with Crippen LogP contribution in [0.25, 0.3) is 0 Å². The Bertz CT molecular complexity index is 574. The van der Waals surface area contributed by atoms with E-state index in [1.165, 1.54) is 5.57 Å². The molecule has 5 heteroatoms. The van der Waals surface area contributed by atoms with E-state index in [4.69, 9.17) is 0 Å². The van der Waals surface area contributed by atoms with Crippen molar-refractivity contribution in [1.29, 1.82) is 0 Å². The fraction of sp³-hybridized carbons (Fsp3) is 0.500. The Morgan fingerprint density at radius 2 is 1.86 bits per heavy atom. The van der Waals surface area contributed by atoms with Gasteiger partial charge in [-0.05, 0) is 43.4 Å². The first-order chi connectivity index (χ1) is 9.93. The summed E-state index contributed by atoms with van der Waals surface area (Å²) in [6, 6.07) is 5.37. The molecule has 1 nitrogen and oxygen atoms in total. The molecule has 0 aromatic heterocycles. The van der Waals surface area contributed by atoms with Crippen molar-refractivity contribution in [2.45, 2.75) is 48.8 Å². The number of benzene rings is 1. The van der Waals surface area contributed by atoms with E-state index in [0.29, 0.717) is 6.42 Å². The normalized spacial score (nSPS) is 29.1. The summed E-state index contributed by atoms with van der Waals surface area (Å²) >= 11 is 0. The molecule has 1 fully saturated rings. The van der Waals surface area contributed by atoms with Crippen LogP contribution in [0.2, 0.25) is 0 Å². The van der Waals surface area contributed by atoms with Crippen LogP contribution >= 0.6 is 0 Å². The molecule has 2 heterocycles. The highest BCUT2D eigenvalue weighted by Gasteiger charge is 2.33. The van der Waals surface area contributed by atoms with Crippen molar-refractivity contribution < 1.29 is 17.4 Å². The zero-order chi connectivity index (χ0) is 15.0. The summed E-state index contributed by atoms with van der Waals surface area (Å²) in [7, 11) is -0.755. The van der Waals surface area contributed by atoms with Crippen molar-refractivity contribution in [2.24, 2.45) is 0 Å². The van der Waals surface area contributed by atoms with Crippen molar-refractivity contribution in [1.82, 2.24) is 0 Å². The third-order valence-corrected chi connectivity index (χ3v) is 6.29. The highest BCUT2D eigenvalue weighted by atomic mass is 32.2. The smallest absolute Gasteiger partial charge is 0.259 e. The molecule has 1 aromatic carbocycles. The van der Waals surface area contributed by atoms with E-state index in [1.807, 2.05) is 0 Å². The van der Waals surface area contributed by atoms with Gasteiger partial charge in [-0.2, -0.15) is 13.2 Å². The second-order valence-electron chi connectivity index (χ2n) is 5.82. The van der Waals surface area contributed by atoms with E-state index < -0.39 is 22.5 Å². The van der Waals surface area contributed by atoms with Crippen molar-refractivity contribution in [3.05, 3.63) is 47.0 Å². The Labute approximate surface area is 124 Å². The largest absolute Gasteiger partial charge is 0.416 e. The van der Waals surface area contributed by atoms with Gasteiger partial charge < -0.3 is 0 Å². The third kappa shape index (κ3) is 3.23. The van der Waals surface area contributed by atoms with Gasteiger partial charge in [0.15, 0.2) is 0 Å². The second-order valence-corrected chi connectivity index (χ2v) is 7.75. The lowest BCUT2D eigenvalue weighted by Gasteiger charge is -2.32. The predicted octanol–water partition coefficient (Wildman–Crippen LogP) is 4.25. The van der Waals surface area contributed by atoms with Crippen LogP contribution in [0.4, 0.5) is 13.2 Å². The number of allylic oxidation sites excluding steroid dienone is 1.